The molecule has 1 aromatic carbocycles. The number of alkyl halides is 3. The summed E-state index contributed by atoms with van der Waals surface area (Å²) >= 11 is 0. The molecule has 0 aliphatic carbocycles. The fourth-order valence-corrected chi connectivity index (χ4v) is 1.48. The van der Waals surface area contributed by atoms with Gasteiger partial charge in [0.05, 0.1) is 18.8 Å². The molecule has 2 rings (SSSR count). The lowest BCUT2D eigenvalue weighted by Crippen LogP contribution is -2.08. The fourth-order valence-electron chi connectivity index (χ4n) is 1.48. The predicted molar refractivity (Wildman–Crippen MR) is 49.6 cm³/mol. The van der Waals surface area contributed by atoms with Crippen LogP contribution in [-0.2, 0) is 17.5 Å². The minimum absolute atomic E-state index is 0.362. The molecule has 0 aromatic heterocycles. The molecule has 1 aromatic rings. The van der Waals surface area contributed by atoms with Crippen LogP contribution < -0.4 is 5.32 Å². The normalized spacial score (nSPS) is 16.5. The van der Waals surface area contributed by atoms with Crippen LogP contribution in [0, 0.1) is 0 Å². The first-order valence-electron chi connectivity index (χ1n) is 4.59. The van der Waals surface area contributed by atoms with Crippen molar-refractivity contribution in [2.45, 2.75) is 12.8 Å². The first-order chi connectivity index (χ1) is 7.07. The van der Waals surface area contributed by atoms with Crippen LogP contribution >= 0.6 is 0 Å². The van der Waals surface area contributed by atoms with Gasteiger partial charge in [-0.25, -0.2) is 0 Å². The first-order valence-corrected chi connectivity index (χ1v) is 4.59. The molecule has 1 aliphatic rings. The third-order valence-corrected chi connectivity index (χ3v) is 2.26. The third-order valence-electron chi connectivity index (χ3n) is 2.26. The molecule has 1 N–H and O–H groups in total. The highest BCUT2D eigenvalue weighted by atomic mass is 19.4. The van der Waals surface area contributed by atoms with Crippen LogP contribution in [0.5, 0.6) is 0 Å². The Labute approximate surface area is 85.0 Å². The topological polar surface area (TPSA) is 21.3 Å². The van der Waals surface area contributed by atoms with E-state index in [1.165, 1.54) is 6.07 Å². The molecule has 1 aliphatic heterocycles. The van der Waals surface area contributed by atoms with E-state index in [4.69, 9.17) is 4.74 Å². The molecule has 2 nitrogen and oxygen atoms in total. The number of halogens is 3. The molecule has 0 saturated carbocycles. The van der Waals surface area contributed by atoms with Gasteiger partial charge in [-0.15, -0.1) is 0 Å². The van der Waals surface area contributed by atoms with Crippen molar-refractivity contribution in [2.75, 3.05) is 18.5 Å². The number of nitrogens with one attached hydrogen (secondary N) is 1. The number of fused-ring (bicyclic) bond motifs is 1. The first kappa shape index (κ1) is 10.3. The van der Waals surface area contributed by atoms with Crippen LogP contribution in [0.15, 0.2) is 18.2 Å². The summed E-state index contributed by atoms with van der Waals surface area (Å²) in [6, 6.07) is 3.66. The number of rotatable bonds is 0. The predicted octanol–water partition coefficient (Wildman–Crippen LogP) is 2.65. The van der Waals surface area contributed by atoms with E-state index < -0.39 is 11.7 Å². The molecule has 0 amide bonds. The van der Waals surface area contributed by atoms with Crippen LogP contribution in [0.25, 0.3) is 0 Å². The molecular formula is C10H10F3NO. The van der Waals surface area contributed by atoms with Crippen LogP contribution in [-0.4, -0.2) is 13.2 Å². The van der Waals surface area contributed by atoms with Gasteiger partial charge in [0.1, 0.15) is 0 Å². The summed E-state index contributed by atoms with van der Waals surface area (Å²) in [5, 5.41) is 2.91. The SMILES string of the molecule is FC(F)(F)c1ccc2c(c1)NCCOC2. The van der Waals surface area contributed by atoms with Crippen molar-refractivity contribution < 1.29 is 17.9 Å². The molecule has 0 radical (unpaired) electrons. The molecule has 0 fully saturated rings. The fraction of sp³-hybridized carbons (Fsp3) is 0.400. The molecular weight excluding hydrogens is 207 g/mol. The van der Waals surface area contributed by atoms with Gasteiger partial charge in [-0.1, -0.05) is 6.07 Å². The quantitative estimate of drug-likeness (QED) is 0.721. The van der Waals surface area contributed by atoms with E-state index in [-0.39, 0.29) is 0 Å². The molecule has 82 valence electrons. The smallest absolute Gasteiger partial charge is 0.382 e. The third kappa shape index (κ3) is 2.23. The monoisotopic (exact) mass is 217 g/mol. The molecule has 5 heteroatoms. The molecule has 0 spiro atoms. The van der Waals surface area contributed by atoms with Gasteiger partial charge in [0.25, 0.3) is 0 Å². The van der Waals surface area contributed by atoms with Crippen LogP contribution in [0.4, 0.5) is 18.9 Å². The van der Waals surface area contributed by atoms with Crippen LogP contribution in [0.3, 0.4) is 0 Å². The van der Waals surface area contributed by atoms with Gasteiger partial charge in [0.15, 0.2) is 0 Å². The number of anilines is 1. The summed E-state index contributed by atoms with van der Waals surface area (Å²) in [5.74, 6) is 0. The van der Waals surface area contributed by atoms with E-state index in [1.807, 2.05) is 0 Å². The number of hydrogen-bond donors (Lipinski definition) is 1. The highest BCUT2D eigenvalue weighted by Gasteiger charge is 2.31. The highest BCUT2D eigenvalue weighted by Crippen LogP contribution is 2.32. The second-order valence-electron chi connectivity index (χ2n) is 3.35. The van der Waals surface area contributed by atoms with Gasteiger partial charge < -0.3 is 10.1 Å². The van der Waals surface area contributed by atoms with Gasteiger partial charge in [-0.2, -0.15) is 13.2 Å². The summed E-state index contributed by atoms with van der Waals surface area (Å²) in [7, 11) is 0. The van der Waals surface area contributed by atoms with Crippen molar-refractivity contribution in [2.24, 2.45) is 0 Å². The zero-order valence-corrected chi connectivity index (χ0v) is 7.90. The van der Waals surface area contributed by atoms with E-state index >= 15 is 0 Å². The van der Waals surface area contributed by atoms with E-state index in [9.17, 15) is 13.2 Å². The minimum Gasteiger partial charge on any atom is -0.382 e. The summed E-state index contributed by atoms with van der Waals surface area (Å²) in [4.78, 5) is 0. The summed E-state index contributed by atoms with van der Waals surface area (Å²) in [6.07, 6.45) is -4.29. The van der Waals surface area contributed by atoms with Crippen LogP contribution in [0.1, 0.15) is 11.1 Å². The standard InChI is InChI=1S/C10H10F3NO/c11-10(12,13)8-2-1-7-6-15-4-3-14-9(7)5-8/h1-2,5,14H,3-4,6H2. The zero-order chi connectivity index (χ0) is 10.9. The van der Waals surface area contributed by atoms with Crippen molar-refractivity contribution >= 4 is 5.69 Å². The lowest BCUT2D eigenvalue weighted by molar-refractivity contribution is -0.137. The Balaban J connectivity index is 2.36. The Bertz CT molecular complexity index is 362. The Morgan fingerprint density at radius 1 is 1.27 bits per heavy atom. The maximum atomic E-state index is 12.4. The largest absolute Gasteiger partial charge is 0.416 e. The molecule has 0 saturated heterocycles. The Kier molecular flexibility index (Phi) is 2.56. The molecule has 15 heavy (non-hydrogen) atoms. The van der Waals surface area contributed by atoms with Gasteiger partial charge in [0, 0.05) is 17.8 Å². The Hall–Kier alpha value is -1.23. The van der Waals surface area contributed by atoms with E-state index in [0.717, 1.165) is 17.7 Å². The lowest BCUT2D eigenvalue weighted by Gasteiger charge is -2.11. The average molecular weight is 217 g/mol. The van der Waals surface area contributed by atoms with E-state index in [2.05, 4.69) is 5.32 Å². The number of ether oxygens (including phenoxy) is 1. The summed E-state index contributed by atoms with van der Waals surface area (Å²) < 4.78 is 42.4. The van der Waals surface area contributed by atoms with Gasteiger partial charge >= 0.3 is 6.18 Å². The van der Waals surface area contributed by atoms with E-state index in [0.29, 0.717) is 25.4 Å². The molecule has 0 bridgehead atoms. The van der Waals surface area contributed by atoms with Crippen molar-refractivity contribution in [1.82, 2.24) is 0 Å². The minimum atomic E-state index is -4.29. The second-order valence-corrected chi connectivity index (χ2v) is 3.35. The second kappa shape index (κ2) is 3.73. The van der Waals surface area contributed by atoms with Crippen molar-refractivity contribution in [3.05, 3.63) is 29.3 Å². The maximum absolute atomic E-state index is 12.4. The van der Waals surface area contributed by atoms with Crippen molar-refractivity contribution in [1.29, 1.82) is 0 Å². The molecule has 1 heterocycles. The maximum Gasteiger partial charge on any atom is 0.416 e. The Morgan fingerprint density at radius 3 is 2.80 bits per heavy atom. The average Bonchev–Trinajstić information content (AvgIpc) is 2.39. The zero-order valence-electron chi connectivity index (χ0n) is 7.90. The molecule has 0 unspecified atom stereocenters. The van der Waals surface area contributed by atoms with Crippen molar-refractivity contribution in [3.63, 3.8) is 0 Å². The lowest BCUT2D eigenvalue weighted by atomic mass is 10.1. The number of benzene rings is 1. The number of hydrogen-bond acceptors (Lipinski definition) is 2. The van der Waals surface area contributed by atoms with Crippen molar-refractivity contribution in [3.8, 4) is 0 Å². The van der Waals surface area contributed by atoms with Gasteiger partial charge in [0.2, 0.25) is 0 Å². The van der Waals surface area contributed by atoms with E-state index in [1.54, 1.807) is 0 Å². The summed E-state index contributed by atoms with van der Waals surface area (Å²) in [5.41, 5.74) is 0.651. The molecule has 0 atom stereocenters. The summed E-state index contributed by atoms with van der Waals surface area (Å²) in [6.45, 7) is 1.41. The van der Waals surface area contributed by atoms with Gasteiger partial charge in [-0.05, 0) is 12.1 Å². The van der Waals surface area contributed by atoms with Crippen LogP contribution in [0.2, 0.25) is 0 Å². The Morgan fingerprint density at radius 2 is 2.07 bits per heavy atom. The van der Waals surface area contributed by atoms with Gasteiger partial charge in [-0.3, -0.25) is 0 Å². The highest BCUT2D eigenvalue weighted by molar-refractivity contribution is 5.54.